The van der Waals surface area contributed by atoms with Crippen LogP contribution in [0, 0.1) is 61.0 Å². The van der Waals surface area contributed by atoms with E-state index in [2.05, 4.69) is 187 Å². The molecule has 0 aliphatic rings. The zero-order valence-electron chi connectivity index (χ0n) is 43.2. The summed E-state index contributed by atoms with van der Waals surface area (Å²) in [5.74, 6) is 0.552. The molecule has 0 spiro atoms. The monoisotopic (exact) mass is 1160 g/mol. The number of fused-ring (bicyclic) bond motifs is 6. The molecule has 0 saturated heterocycles. The molecule has 0 atom stereocenters. The Morgan fingerprint density at radius 2 is 1.25 bits per heavy atom. The van der Waals surface area contributed by atoms with Crippen LogP contribution in [0.25, 0.3) is 105 Å². The summed E-state index contributed by atoms with van der Waals surface area (Å²) in [7, 11) is 1.96. The normalized spacial score (nSPS) is 11.2. The first-order valence-electron chi connectivity index (χ1n) is 25.2. The van der Waals surface area contributed by atoms with Gasteiger partial charge in [0.1, 0.15) is 5.58 Å². The summed E-state index contributed by atoms with van der Waals surface area (Å²) in [6, 6.07) is 66.0. The van der Waals surface area contributed by atoms with E-state index in [9.17, 15) is 10.5 Å². The van der Waals surface area contributed by atoms with Gasteiger partial charge in [0.25, 0.3) is 0 Å². The van der Waals surface area contributed by atoms with Gasteiger partial charge in [-0.05, 0) is 132 Å². The largest absolute Gasteiger partial charge is 0.501 e. The van der Waals surface area contributed by atoms with Crippen molar-refractivity contribution in [3.63, 3.8) is 0 Å². The van der Waals surface area contributed by atoms with Crippen LogP contribution in [0.3, 0.4) is 0 Å². The Morgan fingerprint density at radius 1 is 0.605 bits per heavy atom. The van der Waals surface area contributed by atoms with Crippen molar-refractivity contribution < 1.29 is 29.1 Å². The Labute approximate surface area is 457 Å². The number of rotatable bonds is 8. The summed E-state index contributed by atoms with van der Waals surface area (Å²) in [5.41, 5.74) is 17.8. The smallest absolute Gasteiger partial charge is 0.241 e. The van der Waals surface area contributed by atoms with Crippen LogP contribution < -0.4 is 4.57 Å². The molecule has 76 heavy (non-hydrogen) atoms. The minimum atomic E-state index is 0. The van der Waals surface area contributed by atoms with E-state index in [0.717, 1.165) is 72.5 Å². The minimum Gasteiger partial charge on any atom is -0.501 e. The molecule has 8 aromatic carbocycles. The van der Waals surface area contributed by atoms with E-state index in [1.807, 2.05) is 53.0 Å². The van der Waals surface area contributed by atoms with Gasteiger partial charge in [0.15, 0.2) is 0 Å². The number of furan rings is 1. The van der Waals surface area contributed by atoms with Crippen molar-refractivity contribution in [1.29, 1.82) is 10.5 Å². The number of hydrogen-bond donors (Lipinski definition) is 0. The summed E-state index contributed by atoms with van der Waals surface area (Å²) in [6.45, 7) is 13.1. The molecule has 12 aromatic rings. The minimum absolute atomic E-state index is 0. The number of pyridine rings is 2. The second-order valence-corrected chi connectivity index (χ2v) is 19.8. The Bertz CT molecular complexity index is 4160. The molecule has 1 radical (unpaired) electrons. The Hall–Kier alpha value is -8.78. The molecule has 0 unspecified atom stereocenters. The Kier molecular flexibility index (Phi) is 14.2. The molecule has 0 fully saturated rings. The predicted molar refractivity (Wildman–Crippen MR) is 301 cm³/mol. The van der Waals surface area contributed by atoms with Gasteiger partial charge < -0.3 is 23.5 Å². The molecule has 0 amide bonds. The molecule has 0 bridgehead atoms. The fraction of sp³-hybridized carbons (Fsp3) is 0.132. The molecule has 4 heterocycles. The average molecular weight is 1160 g/mol. The van der Waals surface area contributed by atoms with E-state index < -0.39 is 0 Å². The third kappa shape index (κ3) is 9.85. The maximum absolute atomic E-state index is 9.53. The number of hydrogen-bond acceptors (Lipinski definition) is 5. The number of imidazole rings is 1. The number of nitriles is 2. The first kappa shape index (κ1) is 50.7. The van der Waals surface area contributed by atoms with E-state index in [1.54, 1.807) is 24.3 Å². The van der Waals surface area contributed by atoms with Crippen molar-refractivity contribution in [2.24, 2.45) is 7.05 Å². The second kappa shape index (κ2) is 21.2. The van der Waals surface area contributed by atoms with Gasteiger partial charge >= 0.3 is 0 Å². The predicted octanol–water partition coefficient (Wildman–Crippen LogP) is 16.1. The van der Waals surface area contributed by atoms with Gasteiger partial charge in [-0.2, -0.15) is 10.5 Å². The molecule has 4 aromatic heterocycles. The van der Waals surface area contributed by atoms with E-state index in [-0.39, 0.29) is 31.9 Å². The summed E-state index contributed by atoms with van der Waals surface area (Å²) in [6.07, 6.45) is 9.17. The second-order valence-electron chi connectivity index (χ2n) is 19.8. The topological polar surface area (TPSA) is 95.3 Å². The molecule has 371 valence electrons. The van der Waals surface area contributed by atoms with E-state index in [4.69, 9.17) is 14.4 Å². The quantitative estimate of drug-likeness (QED) is 0.0858. The number of nitrogens with zero attached hydrogens (tertiary/aromatic N) is 6. The molecule has 12 rings (SSSR count). The van der Waals surface area contributed by atoms with Crippen LogP contribution in [0.1, 0.15) is 72.9 Å². The van der Waals surface area contributed by atoms with Crippen molar-refractivity contribution in [2.75, 3.05) is 0 Å². The molecule has 0 saturated carbocycles. The van der Waals surface area contributed by atoms with E-state index >= 15 is 0 Å². The van der Waals surface area contributed by atoms with E-state index in [0.29, 0.717) is 11.1 Å². The van der Waals surface area contributed by atoms with Gasteiger partial charge in [-0.1, -0.05) is 141 Å². The summed E-state index contributed by atoms with van der Waals surface area (Å²) in [5, 5.41) is 26.0. The van der Waals surface area contributed by atoms with Gasteiger partial charge in [0.2, 0.25) is 6.33 Å². The number of aromatic nitrogens is 4. The summed E-state index contributed by atoms with van der Waals surface area (Å²) in [4.78, 5) is 9.73. The van der Waals surface area contributed by atoms with Gasteiger partial charge in [0, 0.05) is 44.1 Å². The van der Waals surface area contributed by atoms with Crippen molar-refractivity contribution in [1.82, 2.24) is 14.5 Å². The summed E-state index contributed by atoms with van der Waals surface area (Å²) < 4.78 is 10.4. The van der Waals surface area contributed by atoms with Crippen LogP contribution in [0.15, 0.2) is 175 Å². The fourth-order valence-electron chi connectivity index (χ4n) is 9.96. The molecule has 8 heteroatoms. The average Bonchev–Trinajstić information content (AvgIpc) is 4.07. The Balaban J connectivity index is 0.000000172. The van der Waals surface area contributed by atoms with Crippen molar-refractivity contribution >= 4 is 43.5 Å². The summed E-state index contributed by atoms with van der Waals surface area (Å²) >= 11 is 0. The standard InChI is InChI=1S/C37H29N3.C31H22N3O.Ir/c1-24(2)33-18-31(28-12-6-5-7-13-28)19-34(25(3)4)37(33)32-20-35(29-14-8-10-26(16-29)22-38)40-36(21-32)30-15-9-11-27(17-30)23-39;1-19-12-29(32-17-20(19)2)28-15-23(34-11-10-33(3)18-34)14-27-26-13-22-9-8-21-6-4-5-7-24(21)25(22)16-30(26)35-31(27)28;/h5-13,16-21,24-25H,1-4H3;4-14,16-17H,1-3H3;/q-2;-1;. The zero-order valence-corrected chi connectivity index (χ0v) is 45.6. The van der Waals surface area contributed by atoms with Crippen LogP contribution in [0.5, 0.6) is 0 Å². The van der Waals surface area contributed by atoms with Crippen LogP contribution in [0.4, 0.5) is 0 Å². The molecular weight excluding hydrogens is 1110 g/mol. The van der Waals surface area contributed by atoms with Gasteiger partial charge in [-0.25, -0.2) is 0 Å². The van der Waals surface area contributed by atoms with Gasteiger partial charge in [-0.15, -0.1) is 71.8 Å². The molecule has 7 nitrogen and oxygen atoms in total. The third-order valence-electron chi connectivity index (χ3n) is 14.0. The number of aryl methyl sites for hydroxylation is 3. The third-order valence-corrected chi connectivity index (χ3v) is 14.0. The Morgan fingerprint density at radius 3 is 1.87 bits per heavy atom. The molecule has 0 N–H and O–H groups in total. The van der Waals surface area contributed by atoms with Gasteiger partial charge in [0.05, 0.1) is 24.8 Å². The van der Waals surface area contributed by atoms with Crippen molar-refractivity contribution in [2.45, 2.75) is 53.4 Å². The molecule has 0 aliphatic carbocycles. The number of benzene rings is 8. The van der Waals surface area contributed by atoms with E-state index in [1.165, 1.54) is 54.9 Å². The van der Waals surface area contributed by atoms with Crippen LogP contribution >= 0.6 is 0 Å². The van der Waals surface area contributed by atoms with Crippen molar-refractivity contribution in [3.8, 4) is 73.9 Å². The molecular formula is C68H51IrN6O-3. The SMILES string of the molecule is CC(C)c1cc(-c2ccccc2)cc(C(C)C)c1-c1cc(-c2[c-]ccc(C#N)c2)nc(-c2[c-]ccc(C#N)c2)c1.Cc1cnc(-c2[c-]c(-n3[c-][n+](C)cc3)cc3c2oc2cc4c(ccc5ccccc54)cc23)cc1C.[Ir]. The first-order chi connectivity index (χ1) is 36.4. The zero-order chi connectivity index (χ0) is 51.9. The molecule has 0 aliphatic heterocycles. The van der Waals surface area contributed by atoms with Crippen LogP contribution in [-0.4, -0.2) is 14.5 Å². The first-order valence-corrected chi connectivity index (χ1v) is 25.2. The maximum atomic E-state index is 9.53. The maximum Gasteiger partial charge on any atom is 0.241 e. The van der Waals surface area contributed by atoms with Crippen LogP contribution in [0.2, 0.25) is 0 Å². The van der Waals surface area contributed by atoms with Crippen molar-refractivity contribution in [3.05, 3.63) is 228 Å². The fourth-order valence-corrected chi connectivity index (χ4v) is 9.96. The van der Waals surface area contributed by atoms with Crippen LogP contribution in [-0.2, 0) is 27.2 Å². The van der Waals surface area contributed by atoms with Gasteiger partial charge in [-0.3, -0.25) is 0 Å².